The van der Waals surface area contributed by atoms with Crippen LogP contribution in [0.2, 0.25) is 0 Å². The lowest BCUT2D eigenvalue weighted by atomic mass is 10.0. The van der Waals surface area contributed by atoms with Gasteiger partial charge in [0.25, 0.3) is 0 Å². The maximum atomic E-state index is 6.04. The molecule has 0 radical (unpaired) electrons. The molecule has 0 fully saturated rings. The van der Waals surface area contributed by atoms with Gasteiger partial charge in [-0.1, -0.05) is 6.92 Å². The van der Waals surface area contributed by atoms with Crippen LogP contribution in [0.1, 0.15) is 31.9 Å². The third-order valence-electron chi connectivity index (χ3n) is 2.60. The molecule has 0 spiro atoms. The van der Waals surface area contributed by atoms with Crippen molar-refractivity contribution in [1.29, 1.82) is 0 Å². The summed E-state index contributed by atoms with van der Waals surface area (Å²) >= 11 is 0. The highest BCUT2D eigenvalue weighted by molar-refractivity contribution is 5.16. The first-order chi connectivity index (χ1) is 7.16. The number of nitrogens with two attached hydrogens (primary N) is 1. The SMILES string of the molecule is CCCN(C)C(c1ccncc1)C(C)N. The number of hydrogen-bond acceptors (Lipinski definition) is 3. The van der Waals surface area contributed by atoms with Gasteiger partial charge in [-0.3, -0.25) is 9.88 Å². The van der Waals surface area contributed by atoms with Crippen LogP contribution in [0.25, 0.3) is 0 Å². The number of aromatic nitrogens is 1. The topological polar surface area (TPSA) is 42.2 Å². The third-order valence-corrected chi connectivity index (χ3v) is 2.60. The average molecular weight is 207 g/mol. The second kappa shape index (κ2) is 5.83. The van der Waals surface area contributed by atoms with Crippen LogP contribution in [0.3, 0.4) is 0 Å². The Labute approximate surface area is 92.3 Å². The number of pyridine rings is 1. The van der Waals surface area contributed by atoms with Gasteiger partial charge in [-0.05, 0) is 44.6 Å². The lowest BCUT2D eigenvalue weighted by Gasteiger charge is -2.31. The average Bonchev–Trinajstić information content (AvgIpc) is 2.19. The number of nitrogens with zero attached hydrogens (tertiary/aromatic N) is 2. The van der Waals surface area contributed by atoms with Crippen molar-refractivity contribution in [3.8, 4) is 0 Å². The van der Waals surface area contributed by atoms with E-state index < -0.39 is 0 Å². The van der Waals surface area contributed by atoms with Crippen LogP contribution in [0.5, 0.6) is 0 Å². The lowest BCUT2D eigenvalue weighted by molar-refractivity contribution is 0.219. The van der Waals surface area contributed by atoms with Crippen LogP contribution in [0, 0.1) is 0 Å². The molecule has 3 nitrogen and oxygen atoms in total. The van der Waals surface area contributed by atoms with Gasteiger partial charge in [0.15, 0.2) is 0 Å². The Bertz CT molecular complexity index is 271. The van der Waals surface area contributed by atoms with E-state index in [-0.39, 0.29) is 12.1 Å². The smallest absolute Gasteiger partial charge is 0.0494 e. The van der Waals surface area contributed by atoms with Crippen LogP contribution in [0.15, 0.2) is 24.5 Å². The van der Waals surface area contributed by atoms with E-state index >= 15 is 0 Å². The number of hydrogen-bond donors (Lipinski definition) is 1. The maximum Gasteiger partial charge on any atom is 0.0494 e. The number of likely N-dealkylation sites (N-methyl/N-ethyl adjacent to an activating group) is 1. The monoisotopic (exact) mass is 207 g/mol. The molecule has 1 aromatic heterocycles. The molecule has 0 saturated heterocycles. The molecule has 84 valence electrons. The van der Waals surface area contributed by atoms with Crippen LogP contribution in [-0.2, 0) is 0 Å². The molecular formula is C12H21N3. The van der Waals surface area contributed by atoms with E-state index in [1.165, 1.54) is 5.56 Å². The quantitative estimate of drug-likeness (QED) is 0.800. The van der Waals surface area contributed by atoms with E-state index in [4.69, 9.17) is 5.73 Å². The van der Waals surface area contributed by atoms with Gasteiger partial charge < -0.3 is 5.73 Å². The summed E-state index contributed by atoms with van der Waals surface area (Å²) in [5.74, 6) is 0. The minimum Gasteiger partial charge on any atom is -0.326 e. The van der Waals surface area contributed by atoms with Crippen molar-refractivity contribution in [1.82, 2.24) is 9.88 Å². The summed E-state index contributed by atoms with van der Waals surface area (Å²) < 4.78 is 0. The molecule has 1 rings (SSSR count). The Kier molecular flexibility index (Phi) is 4.72. The van der Waals surface area contributed by atoms with Gasteiger partial charge in [0, 0.05) is 24.5 Å². The number of rotatable bonds is 5. The fourth-order valence-corrected chi connectivity index (χ4v) is 2.01. The summed E-state index contributed by atoms with van der Waals surface area (Å²) in [5.41, 5.74) is 7.28. The summed E-state index contributed by atoms with van der Waals surface area (Å²) in [6, 6.07) is 4.50. The first kappa shape index (κ1) is 12.1. The summed E-state index contributed by atoms with van der Waals surface area (Å²) in [5, 5.41) is 0. The highest BCUT2D eigenvalue weighted by atomic mass is 15.1. The fourth-order valence-electron chi connectivity index (χ4n) is 2.01. The molecule has 0 saturated carbocycles. The molecule has 2 atom stereocenters. The van der Waals surface area contributed by atoms with Gasteiger partial charge in [0.05, 0.1) is 0 Å². The highest BCUT2D eigenvalue weighted by Gasteiger charge is 2.19. The summed E-state index contributed by atoms with van der Waals surface area (Å²) in [6.07, 6.45) is 4.79. The van der Waals surface area contributed by atoms with E-state index in [1.807, 2.05) is 24.5 Å². The molecule has 0 aliphatic carbocycles. The van der Waals surface area contributed by atoms with Crippen molar-refractivity contribution in [2.75, 3.05) is 13.6 Å². The van der Waals surface area contributed by atoms with Gasteiger partial charge in [-0.2, -0.15) is 0 Å². The maximum absolute atomic E-state index is 6.04. The molecule has 0 aromatic carbocycles. The Morgan fingerprint density at radius 2 is 2.00 bits per heavy atom. The molecule has 1 aromatic rings. The first-order valence-corrected chi connectivity index (χ1v) is 5.52. The molecule has 0 amide bonds. The van der Waals surface area contributed by atoms with Crippen LogP contribution in [-0.4, -0.2) is 29.5 Å². The Hall–Kier alpha value is -0.930. The van der Waals surface area contributed by atoms with Crippen molar-refractivity contribution in [3.05, 3.63) is 30.1 Å². The lowest BCUT2D eigenvalue weighted by Crippen LogP contribution is -2.37. The molecule has 2 N–H and O–H groups in total. The Balaban J connectivity index is 2.83. The van der Waals surface area contributed by atoms with Crippen molar-refractivity contribution in [2.45, 2.75) is 32.4 Å². The zero-order valence-electron chi connectivity index (χ0n) is 9.85. The van der Waals surface area contributed by atoms with Gasteiger partial charge >= 0.3 is 0 Å². The zero-order valence-corrected chi connectivity index (χ0v) is 9.85. The van der Waals surface area contributed by atoms with E-state index in [0.717, 1.165) is 13.0 Å². The van der Waals surface area contributed by atoms with Gasteiger partial charge in [0.1, 0.15) is 0 Å². The molecule has 0 bridgehead atoms. The molecule has 1 heterocycles. The Morgan fingerprint density at radius 1 is 1.40 bits per heavy atom. The molecule has 0 aliphatic rings. The Morgan fingerprint density at radius 3 is 2.47 bits per heavy atom. The van der Waals surface area contributed by atoms with Crippen molar-refractivity contribution < 1.29 is 0 Å². The largest absolute Gasteiger partial charge is 0.326 e. The predicted octanol–water partition coefficient (Wildman–Crippen LogP) is 1.81. The second-order valence-electron chi connectivity index (χ2n) is 4.07. The van der Waals surface area contributed by atoms with E-state index in [2.05, 4.69) is 30.8 Å². The summed E-state index contributed by atoms with van der Waals surface area (Å²) in [7, 11) is 2.12. The standard InChI is InChI=1S/C12H21N3/c1-4-9-15(3)12(10(2)13)11-5-7-14-8-6-11/h5-8,10,12H,4,9,13H2,1-3H3. The predicted molar refractivity (Wildman–Crippen MR) is 63.5 cm³/mol. The van der Waals surface area contributed by atoms with Crippen LogP contribution in [0.4, 0.5) is 0 Å². The van der Waals surface area contributed by atoms with E-state index in [0.29, 0.717) is 0 Å². The van der Waals surface area contributed by atoms with E-state index in [1.54, 1.807) is 0 Å². The third kappa shape index (κ3) is 3.29. The molecule has 2 unspecified atom stereocenters. The van der Waals surface area contributed by atoms with Crippen molar-refractivity contribution in [3.63, 3.8) is 0 Å². The van der Waals surface area contributed by atoms with Gasteiger partial charge in [-0.25, -0.2) is 0 Å². The highest BCUT2D eigenvalue weighted by Crippen LogP contribution is 2.21. The second-order valence-corrected chi connectivity index (χ2v) is 4.07. The summed E-state index contributed by atoms with van der Waals surface area (Å²) in [4.78, 5) is 6.34. The van der Waals surface area contributed by atoms with E-state index in [9.17, 15) is 0 Å². The fraction of sp³-hybridized carbons (Fsp3) is 0.583. The molecule has 0 aliphatic heterocycles. The van der Waals surface area contributed by atoms with Crippen LogP contribution >= 0.6 is 0 Å². The van der Waals surface area contributed by atoms with Crippen LogP contribution < -0.4 is 5.73 Å². The van der Waals surface area contributed by atoms with Crippen molar-refractivity contribution >= 4 is 0 Å². The zero-order chi connectivity index (χ0) is 11.3. The molecular weight excluding hydrogens is 186 g/mol. The first-order valence-electron chi connectivity index (χ1n) is 5.52. The minimum absolute atomic E-state index is 0.129. The van der Waals surface area contributed by atoms with Gasteiger partial charge in [-0.15, -0.1) is 0 Å². The summed E-state index contributed by atoms with van der Waals surface area (Å²) in [6.45, 7) is 5.30. The minimum atomic E-state index is 0.129. The van der Waals surface area contributed by atoms with Crippen molar-refractivity contribution in [2.24, 2.45) is 5.73 Å². The van der Waals surface area contributed by atoms with Gasteiger partial charge in [0.2, 0.25) is 0 Å². The molecule has 3 heteroatoms. The normalized spacial score (nSPS) is 15.3. The molecule has 15 heavy (non-hydrogen) atoms.